The van der Waals surface area contributed by atoms with Gasteiger partial charge in [0.2, 0.25) is 15.2 Å². The Morgan fingerprint density at radius 2 is 2.00 bits per heavy atom. The highest BCUT2D eigenvalue weighted by Crippen LogP contribution is 2.48. The molecule has 0 aromatic heterocycles. The van der Waals surface area contributed by atoms with Crippen LogP contribution in [0.2, 0.25) is 5.02 Å². The lowest BCUT2D eigenvalue weighted by molar-refractivity contribution is 0.0730. The molecule has 0 radical (unpaired) electrons. The molecule has 0 amide bonds. The summed E-state index contributed by atoms with van der Waals surface area (Å²) >= 11 is 12.4. The standard InChI is InChI=1S/C15H14Cl2N2O4S/c16-11-8-12(24(21,22)19-4-6-23-7-5-19)9-2-1-3-10-13(9)14(11)18-15(10,17)20/h1-3,8,18,20H,4-7H2/t15-/m0/s1. The zero-order chi connectivity index (χ0) is 17.1. The van der Waals surface area contributed by atoms with Crippen molar-refractivity contribution in [3.63, 3.8) is 0 Å². The Labute approximate surface area is 149 Å². The smallest absolute Gasteiger partial charge is 0.243 e. The molecule has 2 N–H and O–H groups in total. The molecule has 0 unspecified atom stereocenters. The maximum absolute atomic E-state index is 13.1. The minimum Gasteiger partial charge on any atom is -0.379 e. The molecule has 0 aliphatic carbocycles. The number of anilines is 1. The number of rotatable bonds is 2. The number of halogens is 2. The lowest BCUT2D eigenvalue weighted by Crippen LogP contribution is -2.40. The van der Waals surface area contributed by atoms with Gasteiger partial charge in [-0.2, -0.15) is 4.31 Å². The molecule has 1 atom stereocenters. The van der Waals surface area contributed by atoms with E-state index < -0.39 is 15.2 Å². The van der Waals surface area contributed by atoms with E-state index in [0.717, 1.165) is 0 Å². The predicted molar refractivity (Wildman–Crippen MR) is 91.9 cm³/mol. The number of aliphatic hydroxyl groups is 1. The first-order valence-electron chi connectivity index (χ1n) is 7.35. The summed E-state index contributed by atoms with van der Waals surface area (Å²) in [7, 11) is -3.74. The molecule has 2 aliphatic heterocycles. The summed E-state index contributed by atoms with van der Waals surface area (Å²) in [6.45, 7) is 1.30. The van der Waals surface area contributed by atoms with Crippen molar-refractivity contribution in [2.45, 2.75) is 10.1 Å². The van der Waals surface area contributed by atoms with Crippen molar-refractivity contribution in [1.82, 2.24) is 4.31 Å². The van der Waals surface area contributed by atoms with E-state index in [0.29, 0.717) is 48.3 Å². The second kappa shape index (κ2) is 5.45. The average Bonchev–Trinajstić information content (AvgIpc) is 2.85. The van der Waals surface area contributed by atoms with Crippen LogP contribution < -0.4 is 5.32 Å². The molecular weight excluding hydrogens is 375 g/mol. The van der Waals surface area contributed by atoms with E-state index in [2.05, 4.69) is 5.32 Å². The van der Waals surface area contributed by atoms with Crippen LogP contribution >= 0.6 is 23.2 Å². The third-order valence-electron chi connectivity index (χ3n) is 4.31. The van der Waals surface area contributed by atoms with Gasteiger partial charge < -0.3 is 15.2 Å². The molecule has 0 bridgehead atoms. The van der Waals surface area contributed by atoms with Crippen LogP contribution in [0.1, 0.15) is 5.56 Å². The van der Waals surface area contributed by atoms with Crippen molar-refractivity contribution in [2.24, 2.45) is 0 Å². The van der Waals surface area contributed by atoms with E-state index in [1.165, 1.54) is 10.4 Å². The minimum absolute atomic E-state index is 0.103. The minimum atomic E-state index is -3.74. The fraction of sp³-hybridized carbons (Fsp3) is 0.333. The number of hydrogen-bond acceptors (Lipinski definition) is 5. The number of morpholine rings is 1. The summed E-state index contributed by atoms with van der Waals surface area (Å²) in [5.74, 6) is 0. The number of ether oxygens (including phenoxy) is 1. The molecule has 6 nitrogen and oxygen atoms in total. The van der Waals surface area contributed by atoms with E-state index in [1.807, 2.05) is 0 Å². The normalized spacial score (nSPS) is 24.3. The highest BCUT2D eigenvalue weighted by molar-refractivity contribution is 7.89. The van der Waals surface area contributed by atoms with Gasteiger partial charge in [-0.1, -0.05) is 41.4 Å². The highest BCUT2D eigenvalue weighted by atomic mass is 35.5. The predicted octanol–water partition coefficient (Wildman–Crippen LogP) is 2.28. The maximum atomic E-state index is 13.1. The fourth-order valence-corrected chi connectivity index (χ4v) is 5.37. The summed E-state index contributed by atoms with van der Waals surface area (Å²) in [6.07, 6.45) is 0. The molecule has 24 heavy (non-hydrogen) atoms. The Morgan fingerprint density at radius 3 is 2.71 bits per heavy atom. The van der Waals surface area contributed by atoms with E-state index in [1.54, 1.807) is 18.2 Å². The van der Waals surface area contributed by atoms with Gasteiger partial charge in [0, 0.05) is 29.4 Å². The van der Waals surface area contributed by atoms with Gasteiger partial charge in [-0.3, -0.25) is 0 Å². The van der Waals surface area contributed by atoms with Crippen LogP contribution in [0.5, 0.6) is 0 Å². The molecule has 2 aliphatic rings. The Balaban J connectivity index is 1.99. The first-order chi connectivity index (χ1) is 11.3. The molecule has 1 fully saturated rings. The van der Waals surface area contributed by atoms with Gasteiger partial charge in [0.1, 0.15) is 0 Å². The van der Waals surface area contributed by atoms with Gasteiger partial charge in [0.25, 0.3) is 0 Å². The Morgan fingerprint density at radius 1 is 1.29 bits per heavy atom. The number of alkyl halides is 1. The molecule has 1 saturated heterocycles. The second-order valence-corrected chi connectivity index (χ2v) is 8.58. The molecule has 0 spiro atoms. The van der Waals surface area contributed by atoms with Crippen LogP contribution in [0.15, 0.2) is 29.2 Å². The van der Waals surface area contributed by atoms with Crippen molar-refractivity contribution in [1.29, 1.82) is 0 Å². The first-order valence-corrected chi connectivity index (χ1v) is 9.55. The quantitative estimate of drug-likeness (QED) is 0.609. The topological polar surface area (TPSA) is 78.9 Å². The number of benzene rings is 2. The number of sulfonamides is 1. The molecule has 2 aromatic carbocycles. The van der Waals surface area contributed by atoms with Gasteiger partial charge in [-0.05, 0) is 6.07 Å². The number of hydrogen-bond donors (Lipinski definition) is 2. The van der Waals surface area contributed by atoms with Crippen LogP contribution in [-0.4, -0.2) is 44.1 Å². The SMILES string of the molecule is O=S(=O)(c1cc(Cl)c2c3c(cccc13)[C@](O)(Cl)N2)N1CCOCC1. The van der Waals surface area contributed by atoms with Crippen molar-refractivity contribution in [3.8, 4) is 0 Å². The molecule has 0 saturated carbocycles. The molecule has 2 heterocycles. The zero-order valence-corrected chi connectivity index (χ0v) is 14.7. The molecular formula is C15H14Cl2N2O4S. The third kappa shape index (κ3) is 2.31. The largest absolute Gasteiger partial charge is 0.379 e. The Hall–Kier alpha value is -1.09. The van der Waals surface area contributed by atoms with Crippen molar-refractivity contribution < 1.29 is 18.3 Å². The summed E-state index contributed by atoms with van der Waals surface area (Å²) in [6, 6.07) is 6.39. The van der Waals surface area contributed by atoms with Gasteiger partial charge in [0.05, 0.1) is 28.8 Å². The zero-order valence-electron chi connectivity index (χ0n) is 12.4. The lowest BCUT2D eigenvalue weighted by Gasteiger charge is -2.26. The van der Waals surface area contributed by atoms with Crippen LogP contribution in [0.4, 0.5) is 5.69 Å². The average molecular weight is 389 g/mol. The maximum Gasteiger partial charge on any atom is 0.243 e. The third-order valence-corrected chi connectivity index (χ3v) is 6.85. The summed E-state index contributed by atoms with van der Waals surface area (Å²) < 4.78 is 32.7. The Bertz CT molecular complexity index is 940. The summed E-state index contributed by atoms with van der Waals surface area (Å²) in [5.41, 5.74) is 0.818. The fourth-order valence-electron chi connectivity index (χ4n) is 3.18. The van der Waals surface area contributed by atoms with Gasteiger partial charge >= 0.3 is 0 Å². The van der Waals surface area contributed by atoms with E-state index >= 15 is 0 Å². The number of nitrogens with zero attached hydrogens (tertiary/aromatic N) is 1. The molecule has 2 aromatic rings. The van der Waals surface area contributed by atoms with Crippen LogP contribution in [0, 0.1) is 0 Å². The second-order valence-electron chi connectivity index (χ2n) is 5.72. The van der Waals surface area contributed by atoms with Crippen molar-refractivity contribution >= 4 is 49.7 Å². The number of nitrogens with one attached hydrogen (secondary N) is 1. The summed E-state index contributed by atoms with van der Waals surface area (Å²) in [4.78, 5) is 0.103. The van der Waals surface area contributed by atoms with Crippen LogP contribution in [0.25, 0.3) is 10.8 Å². The van der Waals surface area contributed by atoms with Gasteiger partial charge in [-0.25, -0.2) is 8.42 Å². The van der Waals surface area contributed by atoms with Crippen molar-refractivity contribution in [2.75, 3.05) is 31.6 Å². The van der Waals surface area contributed by atoms with Gasteiger partial charge in [0.15, 0.2) is 0 Å². The van der Waals surface area contributed by atoms with Crippen LogP contribution in [-0.2, 0) is 19.9 Å². The lowest BCUT2D eigenvalue weighted by atomic mass is 10.1. The molecule has 4 rings (SSSR count). The first kappa shape index (κ1) is 16.4. The summed E-state index contributed by atoms with van der Waals surface area (Å²) in [5, 5.41) is 12.4. The van der Waals surface area contributed by atoms with Crippen LogP contribution in [0.3, 0.4) is 0 Å². The highest BCUT2D eigenvalue weighted by Gasteiger charge is 2.39. The van der Waals surface area contributed by atoms with E-state index in [9.17, 15) is 13.5 Å². The monoisotopic (exact) mass is 388 g/mol. The van der Waals surface area contributed by atoms with E-state index in [-0.39, 0.29) is 9.92 Å². The molecule has 9 heteroatoms. The van der Waals surface area contributed by atoms with E-state index in [4.69, 9.17) is 27.9 Å². The Kier molecular flexibility index (Phi) is 3.72. The van der Waals surface area contributed by atoms with Crippen molar-refractivity contribution in [3.05, 3.63) is 34.9 Å². The molecule has 128 valence electrons. The van der Waals surface area contributed by atoms with Gasteiger partial charge in [-0.15, -0.1) is 0 Å².